The quantitative estimate of drug-likeness (QED) is 0.620. The number of halogens is 1. The third kappa shape index (κ3) is 4.39. The fourth-order valence-electron chi connectivity index (χ4n) is 4.25. The van der Waals surface area contributed by atoms with E-state index >= 15 is 0 Å². The van der Waals surface area contributed by atoms with Crippen molar-refractivity contribution in [2.75, 3.05) is 20.2 Å². The molecule has 1 aromatic heterocycles. The van der Waals surface area contributed by atoms with Gasteiger partial charge < -0.3 is 19.9 Å². The molecule has 1 fully saturated rings. The van der Waals surface area contributed by atoms with Gasteiger partial charge >= 0.3 is 0 Å². The van der Waals surface area contributed by atoms with Crippen LogP contribution in [0.25, 0.3) is 10.9 Å². The van der Waals surface area contributed by atoms with Crippen LogP contribution < -0.4 is 10.1 Å². The van der Waals surface area contributed by atoms with Gasteiger partial charge in [0.2, 0.25) is 5.91 Å². The van der Waals surface area contributed by atoms with Crippen LogP contribution >= 0.6 is 11.6 Å². The Balaban J connectivity index is 1.38. The Morgan fingerprint density at radius 3 is 2.65 bits per heavy atom. The minimum atomic E-state index is -0.613. The molecule has 0 aliphatic carbocycles. The number of benzene rings is 2. The number of piperidine rings is 1. The summed E-state index contributed by atoms with van der Waals surface area (Å²) in [5.74, 6) is 0.801. The average Bonchev–Trinajstić information content (AvgIpc) is 3.22. The number of hydrogen-bond acceptors (Lipinski definition) is 3. The van der Waals surface area contributed by atoms with Crippen LogP contribution in [0.2, 0.25) is 5.02 Å². The van der Waals surface area contributed by atoms with E-state index in [9.17, 15) is 9.59 Å². The lowest BCUT2D eigenvalue weighted by Gasteiger charge is -2.33. The molecule has 2 N–H and O–H groups in total. The Bertz CT molecular complexity index is 1100. The molecule has 1 unspecified atom stereocenters. The predicted molar refractivity (Wildman–Crippen MR) is 122 cm³/mol. The van der Waals surface area contributed by atoms with E-state index in [0.29, 0.717) is 29.6 Å². The van der Waals surface area contributed by atoms with Gasteiger partial charge in [0, 0.05) is 30.2 Å². The molecule has 7 heteroatoms. The molecule has 1 aliphatic heterocycles. The van der Waals surface area contributed by atoms with E-state index in [4.69, 9.17) is 16.3 Å². The van der Waals surface area contributed by atoms with Crippen molar-refractivity contribution < 1.29 is 14.3 Å². The van der Waals surface area contributed by atoms with Crippen molar-refractivity contribution in [3.8, 4) is 5.75 Å². The SMILES string of the molecule is COc1ccc2[nH]cc(C3CCN(C(=O)C(C)NC(=O)c4ccccc4Cl)CC3)c2c1. The number of nitrogens with zero attached hydrogens (tertiary/aromatic N) is 1. The Labute approximate surface area is 186 Å². The molecule has 2 aromatic carbocycles. The van der Waals surface area contributed by atoms with Gasteiger partial charge in [-0.15, -0.1) is 0 Å². The molecule has 0 bridgehead atoms. The van der Waals surface area contributed by atoms with Gasteiger partial charge in [-0.1, -0.05) is 23.7 Å². The lowest BCUT2D eigenvalue weighted by molar-refractivity contribution is -0.133. The summed E-state index contributed by atoms with van der Waals surface area (Å²) in [7, 11) is 1.67. The lowest BCUT2D eigenvalue weighted by atomic mass is 9.89. The molecule has 31 heavy (non-hydrogen) atoms. The molecule has 162 valence electrons. The molecule has 3 aromatic rings. The molecule has 2 heterocycles. The third-order valence-corrected chi connectivity index (χ3v) is 6.33. The van der Waals surface area contributed by atoms with Gasteiger partial charge in [-0.3, -0.25) is 9.59 Å². The summed E-state index contributed by atoms with van der Waals surface area (Å²) >= 11 is 6.09. The van der Waals surface area contributed by atoms with E-state index in [1.54, 1.807) is 38.3 Å². The first-order chi connectivity index (χ1) is 15.0. The zero-order valence-corrected chi connectivity index (χ0v) is 18.4. The lowest BCUT2D eigenvalue weighted by Crippen LogP contribution is -2.49. The number of rotatable bonds is 5. The first-order valence-corrected chi connectivity index (χ1v) is 10.8. The second-order valence-electron chi connectivity index (χ2n) is 7.93. The molecule has 0 spiro atoms. The van der Waals surface area contributed by atoms with Gasteiger partial charge in [-0.2, -0.15) is 0 Å². The molecule has 1 saturated heterocycles. The van der Waals surface area contributed by atoms with Crippen LogP contribution in [0.3, 0.4) is 0 Å². The Morgan fingerprint density at radius 1 is 1.19 bits per heavy atom. The second kappa shape index (κ2) is 9.02. The molecule has 1 aliphatic rings. The van der Waals surface area contributed by atoms with Crippen molar-refractivity contribution in [1.82, 2.24) is 15.2 Å². The van der Waals surface area contributed by atoms with Crippen molar-refractivity contribution >= 4 is 34.3 Å². The number of carbonyl (C=O) groups excluding carboxylic acids is 2. The molecule has 2 amide bonds. The van der Waals surface area contributed by atoms with E-state index in [1.807, 2.05) is 17.0 Å². The number of nitrogens with one attached hydrogen (secondary N) is 2. The standard InChI is InChI=1S/C24H26ClN3O3/c1-15(27-23(29)18-5-3-4-6-21(18)25)24(30)28-11-9-16(10-12-28)20-14-26-22-8-7-17(31-2)13-19(20)22/h3-8,13-16,26H,9-12H2,1-2H3,(H,27,29). The van der Waals surface area contributed by atoms with Crippen LogP contribution in [0.1, 0.15) is 41.6 Å². The highest BCUT2D eigenvalue weighted by Gasteiger charge is 2.29. The summed E-state index contributed by atoms with van der Waals surface area (Å²) in [6, 6.07) is 12.2. The number of likely N-dealkylation sites (tertiary alicyclic amines) is 1. The zero-order chi connectivity index (χ0) is 22.0. The summed E-state index contributed by atoms with van der Waals surface area (Å²) < 4.78 is 5.37. The van der Waals surface area contributed by atoms with Gasteiger partial charge in [0.25, 0.3) is 5.91 Å². The van der Waals surface area contributed by atoms with Gasteiger partial charge in [0.15, 0.2) is 0 Å². The minimum absolute atomic E-state index is 0.0700. The van der Waals surface area contributed by atoms with Gasteiger partial charge in [-0.05, 0) is 61.6 Å². The van der Waals surface area contributed by atoms with Gasteiger partial charge in [-0.25, -0.2) is 0 Å². The number of hydrogen-bond donors (Lipinski definition) is 2. The maximum atomic E-state index is 12.9. The van der Waals surface area contributed by atoms with Crippen molar-refractivity contribution in [3.63, 3.8) is 0 Å². The van der Waals surface area contributed by atoms with Crippen molar-refractivity contribution in [1.29, 1.82) is 0 Å². The van der Waals surface area contributed by atoms with Crippen molar-refractivity contribution in [2.24, 2.45) is 0 Å². The summed E-state index contributed by atoms with van der Waals surface area (Å²) in [6.45, 7) is 3.04. The first-order valence-electron chi connectivity index (χ1n) is 10.5. The molecular weight excluding hydrogens is 414 g/mol. The summed E-state index contributed by atoms with van der Waals surface area (Å²) in [5, 5.41) is 4.32. The number of H-pyrrole nitrogens is 1. The van der Waals surface area contributed by atoms with Crippen molar-refractivity contribution in [2.45, 2.75) is 31.7 Å². The van der Waals surface area contributed by atoms with E-state index in [-0.39, 0.29) is 11.8 Å². The molecule has 1 atom stereocenters. The van der Waals surface area contributed by atoms with Crippen LogP contribution in [0.15, 0.2) is 48.7 Å². The maximum absolute atomic E-state index is 12.9. The van der Waals surface area contributed by atoms with Crippen LogP contribution in [-0.2, 0) is 4.79 Å². The molecule has 0 saturated carbocycles. The van der Waals surface area contributed by atoms with E-state index < -0.39 is 6.04 Å². The minimum Gasteiger partial charge on any atom is -0.497 e. The molecular formula is C24H26ClN3O3. The average molecular weight is 440 g/mol. The van der Waals surface area contributed by atoms with Gasteiger partial charge in [0.05, 0.1) is 17.7 Å². The van der Waals surface area contributed by atoms with E-state index in [0.717, 1.165) is 24.1 Å². The fraction of sp³-hybridized carbons (Fsp3) is 0.333. The van der Waals surface area contributed by atoms with Crippen LogP contribution in [0.5, 0.6) is 5.75 Å². The third-order valence-electron chi connectivity index (χ3n) is 6.00. The Morgan fingerprint density at radius 2 is 1.94 bits per heavy atom. The van der Waals surface area contributed by atoms with Gasteiger partial charge in [0.1, 0.15) is 11.8 Å². The monoisotopic (exact) mass is 439 g/mol. The number of amides is 2. The summed E-state index contributed by atoms with van der Waals surface area (Å²) in [4.78, 5) is 30.5. The fourth-order valence-corrected chi connectivity index (χ4v) is 4.47. The number of fused-ring (bicyclic) bond motifs is 1. The highest BCUT2D eigenvalue weighted by Crippen LogP contribution is 2.34. The number of aromatic nitrogens is 1. The smallest absolute Gasteiger partial charge is 0.253 e. The summed E-state index contributed by atoms with van der Waals surface area (Å²) in [5.41, 5.74) is 2.73. The number of ether oxygens (including phenoxy) is 1. The first kappa shape index (κ1) is 21.2. The summed E-state index contributed by atoms with van der Waals surface area (Å²) in [6.07, 6.45) is 3.82. The normalized spacial score (nSPS) is 15.6. The molecule has 6 nitrogen and oxygen atoms in total. The number of aromatic amines is 1. The highest BCUT2D eigenvalue weighted by atomic mass is 35.5. The Kier molecular flexibility index (Phi) is 6.18. The zero-order valence-electron chi connectivity index (χ0n) is 17.7. The second-order valence-corrected chi connectivity index (χ2v) is 8.34. The Hall–Kier alpha value is -2.99. The number of carbonyl (C=O) groups is 2. The molecule has 4 rings (SSSR count). The topological polar surface area (TPSA) is 74.4 Å². The maximum Gasteiger partial charge on any atom is 0.253 e. The van der Waals surface area contributed by atoms with Crippen LogP contribution in [0, 0.1) is 0 Å². The van der Waals surface area contributed by atoms with E-state index in [2.05, 4.69) is 22.6 Å². The highest BCUT2D eigenvalue weighted by molar-refractivity contribution is 6.33. The molecule has 0 radical (unpaired) electrons. The van der Waals surface area contributed by atoms with Crippen LogP contribution in [-0.4, -0.2) is 47.9 Å². The largest absolute Gasteiger partial charge is 0.497 e. The van der Waals surface area contributed by atoms with Crippen molar-refractivity contribution in [3.05, 3.63) is 64.8 Å². The number of methoxy groups -OCH3 is 1. The predicted octanol–water partition coefficient (Wildman–Crippen LogP) is 4.35. The van der Waals surface area contributed by atoms with Crippen LogP contribution in [0.4, 0.5) is 0 Å². The van der Waals surface area contributed by atoms with E-state index in [1.165, 1.54) is 10.9 Å².